The van der Waals surface area contributed by atoms with Crippen LogP contribution in [0.4, 0.5) is 11.4 Å². The van der Waals surface area contributed by atoms with E-state index in [1.54, 1.807) is 12.1 Å². The molecule has 0 spiro atoms. The van der Waals surface area contributed by atoms with Crippen LogP contribution in [0.3, 0.4) is 0 Å². The van der Waals surface area contributed by atoms with Crippen LogP contribution < -0.4 is 11.1 Å². The van der Waals surface area contributed by atoms with Crippen molar-refractivity contribution < 1.29 is 4.79 Å². The normalized spacial score (nSPS) is 16.3. The molecule has 104 valence electrons. The van der Waals surface area contributed by atoms with Crippen molar-refractivity contribution in [2.75, 3.05) is 22.6 Å². The lowest BCUT2D eigenvalue weighted by molar-refractivity contribution is -0.117. The molecule has 0 saturated carbocycles. The standard InChI is InChI=1S/C13H16Br2N2OS/c14-10-6-9(16)7-11(15)13(10)17-12(18)5-8-1-3-19-4-2-8/h6-8H,1-5,16H2,(H,17,18). The largest absolute Gasteiger partial charge is 0.399 e. The third-order valence-electron chi connectivity index (χ3n) is 3.14. The second kappa shape index (κ2) is 6.99. The number of nitrogen functional groups attached to an aromatic ring is 1. The molecule has 1 heterocycles. The zero-order valence-corrected chi connectivity index (χ0v) is 14.4. The smallest absolute Gasteiger partial charge is 0.224 e. The molecule has 0 atom stereocenters. The van der Waals surface area contributed by atoms with Crippen LogP contribution >= 0.6 is 43.6 Å². The molecule has 1 saturated heterocycles. The van der Waals surface area contributed by atoms with Crippen molar-refractivity contribution in [2.45, 2.75) is 19.3 Å². The molecule has 1 amide bonds. The molecular weight excluding hydrogens is 392 g/mol. The van der Waals surface area contributed by atoms with Crippen molar-refractivity contribution in [2.24, 2.45) is 5.92 Å². The maximum Gasteiger partial charge on any atom is 0.224 e. The minimum Gasteiger partial charge on any atom is -0.399 e. The average molecular weight is 408 g/mol. The molecule has 0 radical (unpaired) electrons. The molecular formula is C13H16Br2N2OS. The SMILES string of the molecule is Nc1cc(Br)c(NC(=O)CC2CCSCC2)c(Br)c1. The first-order chi connectivity index (χ1) is 9.06. The van der Waals surface area contributed by atoms with Crippen LogP contribution in [0.1, 0.15) is 19.3 Å². The van der Waals surface area contributed by atoms with Gasteiger partial charge in [-0.25, -0.2) is 0 Å². The topological polar surface area (TPSA) is 55.1 Å². The van der Waals surface area contributed by atoms with Gasteiger partial charge in [0.25, 0.3) is 0 Å². The predicted molar refractivity (Wildman–Crippen MR) is 89.6 cm³/mol. The second-order valence-corrected chi connectivity index (χ2v) is 7.60. The van der Waals surface area contributed by atoms with Crippen LogP contribution in [-0.2, 0) is 4.79 Å². The first-order valence-corrected chi connectivity index (χ1v) is 8.92. The summed E-state index contributed by atoms with van der Waals surface area (Å²) in [4.78, 5) is 12.1. The van der Waals surface area contributed by atoms with Gasteiger partial charge in [0.2, 0.25) is 5.91 Å². The number of rotatable bonds is 3. The Hall–Kier alpha value is -0.200. The summed E-state index contributed by atoms with van der Waals surface area (Å²) in [6.45, 7) is 0. The van der Waals surface area contributed by atoms with Crippen molar-refractivity contribution in [1.29, 1.82) is 0 Å². The zero-order chi connectivity index (χ0) is 13.8. The van der Waals surface area contributed by atoms with Gasteiger partial charge in [-0.15, -0.1) is 0 Å². The summed E-state index contributed by atoms with van der Waals surface area (Å²) in [6, 6.07) is 3.58. The lowest BCUT2D eigenvalue weighted by Gasteiger charge is -2.21. The quantitative estimate of drug-likeness (QED) is 0.735. The molecule has 1 aliphatic heterocycles. The van der Waals surface area contributed by atoms with Crippen LogP contribution in [0.15, 0.2) is 21.1 Å². The summed E-state index contributed by atoms with van der Waals surface area (Å²) in [5, 5.41) is 2.96. The Morgan fingerprint density at radius 3 is 2.47 bits per heavy atom. The molecule has 3 nitrogen and oxygen atoms in total. The highest BCUT2D eigenvalue weighted by Crippen LogP contribution is 2.34. The van der Waals surface area contributed by atoms with E-state index in [0.717, 1.165) is 27.5 Å². The Kier molecular flexibility index (Phi) is 5.59. The molecule has 6 heteroatoms. The molecule has 19 heavy (non-hydrogen) atoms. The number of anilines is 2. The minimum atomic E-state index is 0.0723. The fourth-order valence-corrected chi connectivity index (χ4v) is 4.74. The third-order valence-corrected chi connectivity index (χ3v) is 5.44. The summed E-state index contributed by atoms with van der Waals surface area (Å²) in [7, 11) is 0. The Bertz CT molecular complexity index is 453. The Morgan fingerprint density at radius 1 is 1.32 bits per heavy atom. The van der Waals surface area contributed by atoms with Gasteiger partial charge in [-0.2, -0.15) is 11.8 Å². The van der Waals surface area contributed by atoms with E-state index in [1.807, 2.05) is 11.8 Å². The van der Waals surface area contributed by atoms with E-state index in [1.165, 1.54) is 11.5 Å². The lowest BCUT2D eigenvalue weighted by atomic mass is 9.98. The number of nitrogens with two attached hydrogens (primary N) is 1. The highest BCUT2D eigenvalue weighted by atomic mass is 79.9. The molecule has 1 aromatic rings. The number of thioether (sulfide) groups is 1. The zero-order valence-electron chi connectivity index (χ0n) is 10.4. The number of hydrogen-bond acceptors (Lipinski definition) is 3. The summed E-state index contributed by atoms with van der Waals surface area (Å²) >= 11 is 8.82. The van der Waals surface area contributed by atoms with Crippen LogP contribution in [0.25, 0.3) is 0 Å². The Morgan fingerprint density at radius 2 is 1.89 bits per heavy atom. The molecule has 0 unspecified atom stereocenters. The molecule has 0 aliphatic carbocycles. The van der Waals surface area contributed by atoms with E-state index in [4.69, 9.17) is 5.73 Å². The number of nitrogens with one attached hydrogen (secondary N) is 1. The maximum atomic E-state index is 12.1. The second-order valence-electron chi connectivity index (χ2n) is 4.67. The van der Waals surface area contributed by atoms with Crippen LogP contribution in [0, 0.1) is 5.92 Å². The van der Waals surface area contributed by atoms with Crippen LogP contribution in [0.2, 0.25) is 0 Å². The van der Waals surface area contributed by atoms with Gasteiger partial charge >= 0.3 is 0 Å². The van der Waals surface area contributed by atoms with Gasteiger partial charge < -0.3 is 11.1 Å². The molecule has 0 aromatic heterocycles. The molecule has 1 aromatic carbocycles. The fraction of sp³-hybridized carbons (Fsp3) is 0.462. The van der Waals surface area contributed by atoms with Crippen molar-refractivity contribution in [3.8, 4) is 0 Å². The third kappa shape index (κ3) is 4.39. The number of benzene rings is 1. The van der Waals surface area contributed by atoms with E-state index >= 15 is 0 Å². The van der Waals surface area contributed by atoms with Crippen molar-refractivity contribution >= 4 is 60.9 Å². The highest BCUT2D eigenvalue weighted by molar-refractivity contribution is 9.11. The van der Waals surface area contributed by atoms with Crippen molar-refractivity contribution in [1.82, 2.24) is 0 Å². The van der Waals surface area contributed by atoms with Crippen molar-refractivity contribution in [3.05, 3.63) is 21.1 Å². The van der Waals surface area contributed by atoms with E-state index in [0.29, 0.717) is 18.0 Å². The molecule has 2 rings (SSSR count). The summed E-state index contributed by atoms with van der Waals surface area (Å²) in [6.07, 6.45) is 2.88. The van der Waals surface area contributed by atoms with Gasteiger partial charge in [-0.3, -0.25) is 4.79 Å². The number of hydrogen-bond donors (Lipinski definition) is 2. The molecule has 1 aliphatic rings. The van der Waals surface area contributed by atoms with Gasteiger partial charge in [-0.05, 0) is 74.3 Å². The summed E-state index contributed by atoms with van der Waals surface area (Å²) in [5.74, 6) is 2.94. The monoisotopic (exact) mass is 406 g/mol. The van der Waals surface area contributed by atoms with Gasteiger partial charge in [0, 0.05) is 21.1 Å². The first-order valence-electron chi connectivity index (χ1n) is 6.18. The molecule has 1 fully saturated rings. The summed E-state index contributed by atoms with van der Waals surface area (Å²) < 4.78 is 1.60. The number of carbonyl (C=O) groups excluding carboxylic acids is 1. The Balaban J connectivity index is 1.98. The predicted octanol–water partition coefficient (Wildman–Crippen LogP) is 4.27. The number of halogens is 2. The van der Waals surface area contributed by atoms with E-state index in [-0.39, 0.29) is 5.91 Å². The van der Waals surface area contributed by atoms with E-state index in [2.05, 4.69) is 37.2 Å². The van der Waals surface area contributed by atoms with Gasteiger partial charge in [0.1, 0.15) is 0 Å². The minimum absolute atomic E-state index is 0.0723. The average Bonchev–Trinajstić information content (AvgIpc) is 2.35. The highest BCUT2D eigenvalue weighted by Gasteiger charge is 2.18. The molecule has 3 N–H and O–H groups in total. The number of carbonyl (C=O) groups is 1. The van der Waals surface area contributed by atoms with Gasteiger partial charge in [-0.1, -0.05) is 0 Å². The Labute approximate surface area is 134 Å². The van der Waals surface area contributed by atoms with E-state index in [9.17, 15) is 4.79 Å². The van der Waals surface area contributed by atoms with Crippen molar-refractivity contribution in [3.63, 3.8) is 0 Å². The van der Waals surface area contributed by atoms with Crippen LogP contribution in [0.5, 0.6) is 0 Å². The lowest BCUT2D eigenvalue weighted by Crippen LogP contribution is -2.20. The van der Waals surface area contributed by atoms with E-state index < -0.39 is 0 Å². The molecule has 0 bridgehead atoms. The van der Waals surface area contributed by atoms with Gasteiger partial charge in [0.15, 0.2) is 0 Å². The maximum absolute atomic E-state index is 12.1. The fourth-order valence-electron chi connectivity index (χ4n) is 2.12. The van der Waals surface area contributed by atoms with Crippen LogP contribution in [-0.4, -0.2) is 17.4 Å². The summed E-state index contributed by atoms with van der Waals surface area (Å²) in [5.41, 5.74) is 7.14. The first kappa shape index (κ1) is 15.2. The van der Waals surface area contributed by atoms with Gasteiger partial charge in [0.05, 0.1) is 5.69 Å². The number of amides is 1.